The lowest BCUT2D eigenvalue weighted by Gasteiger charge is -2.03. The van der Waals surface area contributed by atoms with Crippen LogP contribution in [0.25, 0.3) is 0 Å². The Morgan fingerprint density at radius 3 is 3.00 bits per heavy atom. The summed E-state index contributed by atoms with van der Waals surface area (Å²) in [5.74, 6) is -0.433. The quantitative estimate of drug-likeness (QED) is 0.740. The Morgan fingerprint density at radius 1 is 1.60 bits per heavy atom. The number of nitrogens with two attached hydrogens (primary N) is 1. The monoisotopic (exact) mass is 292 g/mol. The summed E-state index contributed by atoms with van der Waals surface area (Å²) >= 11 is 5.09. The van der Waals surface area contributed by atoms with Crippen LogP contribution in [-0.4, -0.2) is 25.7 Å². The van der Waals surface area contributed by atoms with E-state index >= 15 is 0 Å². The highest BCUT2D eigenvalue weighted by molar-refractivity contribution is 9.11. The summed E-state index contributed by atoms with van der Waals surface area (Å²) in [6.45, 7) is 2.01. The van der Waals surface area contributed by atoms with Gasteiger partial charge in [0.2, 0.25) is 5.91 Å². The number of ether oxygens (including phenoxy) is 1. The van der Waals surface area contributed by atoms with E-state index in [0.29, 0.717) is 13.2 Å². The summed E-state index contributed by atoms with van der Waals surface area (Å²) in [7, 11) is 0. The number of amides is 1. The third-order valence-corrected chi connectivity index (χ3v) is 3.22. The Bertz CT molecular complexity index is 317. The first-order valence-corrected chi connectivity index (χ1v) is 6.10. The lowest BCUT2D eigenvalue weighted by Crippen LogP contribution is -2.23. The summed E-state index contributed by atoms with van der Waals surface area (Å²) in [6, 6.07) is 4.08. The fourth-order valence-electron chi connectivity index (χ4n) is 0.975. The molecule has 0 aromatic carbocycles. The summed E-state index contributed by atoms with van der Waals surface area (Å²) in [6.07, 6.45) is 0. The van der Waals surface area contributed by atoms with Crippen molar-refractivity contribution in [2.24, 2.45) is 5.73 Å². The first-order valence-electron chi connectivity index (χ1n) is 4.49. The molecule has 0 atom stereocenters. The van der Waals surface area contributed by atoms with Crippen molar-refractivity contribution >= 4 is 33.2 Å². The van der Waals surface area contributed by atoms with E-state index in [-0.39, 0.29) is 6.61 Å². The Morgan fingerprint density at radius 2 is 2.40 bits per heavy atom. The second kappa shape index (κ2) is 6.95. The topological polar surface area (TPSA) is 64.4 Å². The predicted molar refractivity (Wildman–Crippen MR) is 63.7 cm³/mol. The Balaban J connectivity index is 2.00. The molecule has 0 radical (unpaired) electrons. The molecule has 0 spiro atoms. The van der Waals surface area contributed by atoms with Crippen molar-refractivity contribution < 1.29 is 9.53 Å². The predicted octanol–water partition coefficient (Wildman–Crippen LogP) is 1.10. The van der Waals surface area contributed by atoms with Crippen LogP contribution in [0.1, 0.15) is 4.88 Å². The zero-order valence-electron chi connectivity index (χ0n) is 8.16. The number of carbonyl (C=O) groups excluding carboxylic acids is 1. The normalized spacial score (nSPS) is 10.5. The third kappa shape index (κ3) is 5.88. The number of hydrogen-bond donors (Lipinski definition) is 2. The fraction of sp³-hybridized carbons (Fsp3) is 0.444. The Hall–Kier alpha value is -0.430. The molecule has 84 valence electrons. The molecule has 1 rings (SSSR count). The van der Waals surface area contributed by atoms with Crippen LogP contribution in [0.15, 0.2) is 15.9 Å². The van der Waals surface area contributed by atoms with Gasteiger partial charge in [0.25, 0.3) is 0 Å². The maximum absolute atomic E-state index is 10.3. The van der Waals surface area contributed by atoms with Gasteiger partial charge < -0.3 is 15.8 Å². The molecule has 0 saturated heterocycles. The highest BCUT2D eigenvalue weighted by Gasteiger charge is 1.97. The molecule has 0 fully saturated rings. The van der Waals surface area contributed by atoms with Gasteiger partial charge >= 0.3 is 0 Å². The zero-order chi connectivity index (χ0) is 11.1. The molecular formula is C9H13BrN2O2S. The average Bonchev–Trinajstić information content (AvgIpc) is 2.57. The average molecular weight is 293 g/mol. The molecule has 1 aromatic rings. The molecule has 0 saturated carbocycles. The summed E-state index contributed by atoms with van der Waals surface area (Å²) in [5, 5.41) is 3.20. The second-order valence-electron chi connectivity index (χ2n) is 2.90. The molecule has 3 N–H and O–H groups in total. The van der Waals surface area contributed by atoms with E-state index in [2.05, 4.69) is 27.3 Å². The summed E-state index contributed by atoms with van der Waals surface area (Å²) < 4.78 is 6.12. The van der Waals surface area contributed by atoms with E-state index in [9.17, 15) is 4.79 Å². The maximum Gasteiger partial charge on any atom is 0.243 e. The first-order chi connectivity index (χ1) is 7.18. The minimum atomic E-state index is -0.433. The number of carbonyl (C=O) groups is 1. The SMILES string of the molecule is NC(=O)COCCNCc1ccc(Br)s1. The van der Waals surface area contributed by atoms with Gasteiger partial charge in [-0.3, -0.25) is 4.79 Å². The van der Waals surface area contributed by atoms with Gasteiger partial charge in [-0.1, -0.05) is 0 Å². The van der Waals surface area contributed by atoms with Crippen molar-refractivity contribution in [2.45, 2.75) is 6.54 Å². The van der Waals surface area contributed by atoms with Crippen molar-refractivity contribution in [1.29, 1.82) is 0 Å². The fourth-order valence-corrected chi connectivity index (χ4v) is 2.43. The van der Waals surface area contributed by atoms with Crippen LogP contribution in [0.4, 0.5) is 0 Å². The van der Waals surface area contributed by atoms with E-state index in [1.807, 2.05) is 6.07 Å². The molecule has 1 heterocycles. The Labute approximate surface area is 101 Å². The smallest absolute Gasteiger partial charge is 0.243 e. The number of rotatable bonds is 7. The number of primary amides is 1. The van der Waals surface area contributed by atoms with Gasteiger partial charge in [0.05, 0.1) is 10.4 Å². The molecule has 0 unspecified atom stereocenters. The lowest BCUT2D eigenvalue weighted by atomic mass is 10.4. The molecule has 4 nitrogen and oxygen atoms in total. The van der Waals surface area contributed by atoms with Crippen molar-refractivity contribution in [3.8, 4) is 0 Å². The van der Waals surface area contributed by atoms with E-state index in [0.717, 1.165) is 10.3 Å². The van der Waals surface area contributed by atoms with Crippen molar-refractivity contribution in [2.75, 3.05) is 19.8 Å². The van der Waals surface area contributed by atoms with Crippen molar-refractivity contribution in [3.63, 3.8) is 0 Å². The molecule has 0 bridgehead atoms. The highest BCUT2D eigenvalue weighted by atomic mass is 79.9. The van der Waals surface area contributed by atoms with Gasteiger partial charge in [0.1, 0.15) is 6.61 Å². The molecule has 6 heteroatoms. The Kier molecular flexibility index (Phi) is 5.85. The molecule has 0 aliphatic heterocycles. The van der Waals surface area contributed by atoms with E-state index in [1.165, 1.54) is 4.88 Å². The van der Waals surface area contributed by atoms with Gasteiger partial charge in [-0.15, -0.1) is 11.3 Å². The van der Waals surface area contributed by atoms with Gasteiger partial charge in [-0.05, 0) is 28.1 Å². The summed E-state index contributed by atoms with van der Waals surface area (Å²) in [5.41, 5.74) is 4.91. The number of halogens is 1. The summed E-state index contributed by atoms with van der Waals surface area (Å²) in [4.78, 5) is 11.6. The van der Waals surface area contributed by atoms with Crippen molar-refractivity contribution in [3.05, 3.63) is 20.8 Å². The van der Waals surface area contributed by atoms with E-state index in [4.69, 9.17) is 10.5 Å². The maximum atomic E-state index is 10.3. The van der Waals surface area contributed by atoms with Crippen LogP contribution in [0.3, 0.4) is 0 Å². The molecule has 1 amide bonds. The highest BCUT2D eigenvalue weighted by Crippen LogP contribution is 2.21. The van der Waals surface area contributed by atoms with E-state index < -0.39 is 5.91 Å². The van der Waals surface area contributed by atoms with Crippen molar-refractivity contribution in [1.82, 2.24) is 5.32 Å². The van der Waals surface area contributed by atoms with Crippen LogP contribution in [0.2, 0.25) is 0 Å². The molecule has 0 aliphatic rings. The molecule has 1 aromatic heterocycles. The van der Waals surface area contributed by atoms with Gasteiger partial charge in [-0.2, -0.15) is 0 Å². The third-order valence-electron chi connectivity index (χ3n) is 1.60. The van der Waals surface area contributed by atoms with Crippen LogP contribution < -0.4 is 11.1 Å². The van der Waals surface area contributed by atoms with Crippen LogP contribution in [0, 0.1) is 0 Å². The van der Waals surface area contributed by atoms with E-state index in [1.54, 1.807) is 11.3 Å². The van der Waals surface area contributed by atoms with Crippen LogP contribution >= 0.6 is 27.3 Å². The first kappa shape index (κ1) is 12.6. The van der Waals surface area contributed by atoms with Crippen LogP contribution in [0.5, 0.6) is 0 Å². The van der Waals surface area contributed by atoms with Gasteiger partial charge in [0.15, 0.2) is 0 Å². The van der Waals surface area contributed by atoms with Gasteiger partial charge in [-0.25, -0.2) is 0 Å². The minimum Gasteiger partial charge on any atom is -0.370 e. The molecule has 0 aliphatic carbocycles. The standard InChI is InChI=1S/C9H13BrN2O2S/c10-8-2-1-7(15-8)5-12-3-4-14-6-9(11)13/h1-2,12H,3-6H2,(H2,11,13). The minimum absolute atomic E-state index is 0.00771. The van der Waals surface area contributed by atoms with Crippen LogP contribution in [-0.2, 0) is 16.1 Å². The van der Waals surface area contributed by atoms with Gasteiger partial charge in [0, 0.05) is 18.0 Å². The number of nitrogens with one attached hydrogen (secondary N) is 1. The zero-order valence-corrected chi connectivity index (χ0v) is 10.6. The number of thiophene rings is 1. The second-order valence-corrected chi connectivity index (χ2v) is 5.45. The number of hydrogen-bond acceptors (Lipinski definition) is 4. The molecular weight excluding hydrogens is 280 g/mol. The molecule has 15 heavy (non-hydrogen) atoms. The largest absolute Gasteiger partial charge is 0.370 e. The lowest BCUT2D eigenvalue weighted by molar-refractivity contribution is -0.122.